The first-order chi connectivity index (χ1) is 30.6. The molecule has 0 spiro atoms. The van der Waals surface area contributed by atoms with Crippen LogP contribution in [0.25, 0.3) is 91.1 Å². The van der Waals surface area contributed by atoms with Crippen molar-refractivity contribution in [3.63, 3.8) is 0 Å². The summed E-state index contributed by atoms with van der Waals surface area (Å²) in [5, 5.41) is 11.9. The summed E-state index contributed by atoms with van der Waals surface area (Å²) < 4.78 is 4.68. The van der Waals surface area contributed by atoms with Gasteiger partial charge in [-0.25, -0.2) is 0 Å². The molecular weight excluding hydrogens is 796 g/mol. The molecule has 310 valence electrons. The third-order valence-electron chi connectivity index (χ3n) is 14.7. The maximum Gasteiger partial charge on any atom is 0.333 e. The quantitative estimate of drug-likeness (QED) is 0.0934. The number of para-hydroxylation sites is 1. The second kappa shape index (κ2) is 12.4. The maximum absolute atomic E-state index is 14.7. The Balaban J connectivity index is 1.30. The van der Waals surface area contributed by atoms with Gasteiger partial charge in [0.2, 0.25) is 0 Å². The van der Waals surface area contributed by atoms with Crippen LogP contribution in [-0.2, 0) is 16.2 Å². The van der Waals surface area contributed by atoms with E-state index in [0.29, 0.717) is 0 Å². The molecule has 0 radical (unpaired) electrons. The van der Waals surface area contributed by atoms with E-state index in [1.54, 1.807) is 11.3 Å². The van der Waals surface area contributed by atoms with Crippen LogP contribution < -0.4 is 21.2 Å². The number of anilines is 2. The summed E-state index contributed by atoms with van der Waals surface area (Å²) in [7, 11) is 0. The van der Waals surface area contributed by atoms with Gasteiger partial charge in [-0.1, -0.05) is 141 Å². The van der Waals surface area contributed by atoms with Gasteiger partial charge in [0.25, 0.3) is 0 Å². The molecule has 0 bridgehead atoms. The van der Waals surface area contributed by atoms with Crippen molar-refractivity contribution in [3.8, 4) is 16.8 Å². The third-order valence-corrected chi connectivity index (χ3v) is 15.8. The zero-order valence-electron chi connectivity index (χ0n) is 38.0. The van der Waals surface area contributed by atoms with Crippen LogP contribution in [-0.4, -0.2) is 11.4 Å². The minimum absolute atomic E-state index is 0.00662. The van der Waals surface area contributed by atoms with Crippen molar-refractivity contribution < 1.29 is 0 Å². The van der Waals surface area contributed by atoms with Crippen LogP contribution in [0.4, 0.5) is 11.4 Å². The highest BCUT2D eigenvalue weighted by Gasteiger charge is 2.46. The van der Waals surface area contributed by atoms with Crippen molar-refractivity contribution in [3.05, 3.63) is 160 Å². The molecule has 2 aromatic heterocycles. The fourth-order valence-corrected chi connectivity index (χ4v) is 12.5. The Morgan fingerprint density at radius 1 is 0.516 bits per heavy atom. The van der Waals surface area contributed by atoms with E-state index < -0.39 is 0 Å². The fraction of sp³-hybridized carbons (Fsp3) is 0.203. The number of rotatable bonds is 1. The number of hydrogen-bond donors (Lipinski definition) is 0. The summed E-state index contributed by atoms with van der Waals surface area (Å²) in [4.78, 5) is 17.3. The van der Waals surface area contributed by atoms with Crippen LogP contribution in [0.2, 0.25) is 0 Å². The van der Waals surface area contributed by atoms with Crippen LogP contribution in [0.3, 0.4) is 0 Å². The van der Waals surface area contributed by atoms with E-state index in [0.717, 1.165) is 31.5 Å². The molecule has 2 aliphatic rings. The lowest BCUT2D eigenvalue weighted by molar-refractivity contribution is 0.590. The Hall–Kier alpha value is -6.43. The van der Waals surface area contributed by atoms with E-state index in [1.807, 2.05) is 18.2 Å². The smallest absolute Gasteiger partial charge is 0.333 e. The van der Waals surface area contributed by atoms with E-state index >= 15 is 0 Å². The number of aromatic nitrogens is 1. The Kier molecular flexibility index (Phi) is 7.39. The molecule has 0 saturated heterocycles. The average molecular weight is 845 g/mol. The Labute approximate surface area is 378 Å². The van der Waals surface area contributed by atoms with Crippen molar-refractivity contribution in [2.75, 3.05) is 4.81 Å². The van der Waals surface area contributed by atoms with E-state index in [4.69, 9.17) is 0 Å². The highest BCUT2D eigenvalue weighted by molar-refractivity contribution is 7.24. The SMILES string of the molecule is CC(C)(C)c1cc2ccc3c4c5c(c6ccc(c1)c2c36)-n1c2ccc(C(C)(C)C)cc2c2cc(C(C)(C)C)cc(c21)B5N(c1ccccc1)c1cc2c(=O)c3ccccc3sc2cc1-4. The lowest BCUT2D eigenvalue weighted by Gasteiger charge is -2.43. The first kappa shape index (κ1) is 38.1. The van der Waals surface area contributed by atoms with Crippen LogP contribution in [0, 0.1) is 0 Å². The van der Waals surface area contributed by atoms with Crippen LogP contribution in [0.1, 0.15) is 79.0 Å². The molecule has 0 atom stereocenters. The molecule has 9 aromatic carbocycles. The largest absolute Gasteiger partial charge is 0.376 e. The Morgan fingerprint density at radius 2 is 1.17 bits per heavy atom. The van der Waals surface area contributed by atoms with Gasteiger partial charge in [0.05, 0.1) is 16.7 Å². The van der Waals surface area contributed by atoms with E-state index in [2.05, 4.69) is 187 Å². The second-order valence-corrected chi connectivity index (χ2v) is 22.8. The van der Waals surface area contributed by atoms with E-state index in [1.165, 1.54) is 98.6 Å². The summed E-state index contributed by atoms with van der Waals surface area (Å²) in [6, 6.07) is 50.3. The summed E-state index contributed by atoms with van der Waals surface area (Å²) in [5.41, 5.74) is 15.0. The normalized spacial score (nSPS) is 14.0. The molecule has 0 unspecified atom stereocenters. The van der Waals surface area contributed by atoms with Crippen LogP contribution in [0.5, 0.6) is 0 Å². The molecule has 64 heavy (non-hydrogen) atoms. The molecule has 13 rings (SSSR count). The maximum atomic E-state index is 14.7. The van der Waals surface area contributed by atoms with Gasteiger partial charge >= 0.3 is 6.85 Å². The molecule has 5 heteroatoms. The van der Waals surface area contributed by atoms with Crippen molar-refractivity contribution in [1.82, 2.24) is 4.57 Å². The number of hydrogen-bond acceptors (Lipinski definition) is 3. The first-order valence-corrected chi connectivity index (χ1v) is 23.6. The third kappa shape index (κ3) is 5.02. The van der Waals surface area contributed by atoms with Gasteiger partial charge in [0, 0.05) is 58.7 Å². The zero-order valence-corrected chi connectivity index (χ0v) is 38.8. The Morgan fingerprint density at radius 3 is 1.89 bits per heavy atom. The van der Waals surface area contributed by atoms with Crippen LogP contribution >= 0.6 is 11.3 Å². The van der Waals surface area contributed by atoms with Crippen molar-refractivity contribution in [1.29, 1.82) is 0 Å². The predicted molar refractivity (Wildman–Crippen MR) is 279 cm³/mol. The van der Waals surface area contributed by atoms with Crippen molar-refractivity contribution in [2.24, 2.45) is 0 Å². The van der Waals surface area contributed by atoms with E-state index in [-0.39, 0.29) is 28.5 Å². The zero-order chi connectivity index (χ0) is 43.9. The van der Waals surface area contributed by atoms with Gasteiger partial charge in [-0.3, -0.25) is 4.79 Å². The topological polar surface area (TPSA) is 25.2 Å². The minimum atomic E-state index is -0.185. The van der Waals surface area contributed by atoms with Crippen LogP contribution in [0.15, 0.2) is 138 Å². The molecule has 0 saturated carbocycles. The number of nitrogens with zero attached hydrogens (tertiary/aromatic N) is 2. The summed E-state index contributed by atoms with van der Waals surface area (Å²) in [6.45, 7) is 20.8. The van der Waals surface area contributed by atoms with E-state index in [9.17, 15) is 4.79 Å². The van der Waals surface area contributed by atoms with Gasteiger partial charge < -0.3 is 9.38 Å². The first-order valence-electron chi connectivity index (χ1n) is 22.8. The molecule has 4 heterocycles. The van der Waals surface area contributed by atoms with Gasteiger partial charge in [-0.15, -0.1) is 11.3 Å². The molecule has 0 N–H and O–H groups in total. The summed E-state index contributed by atoms with van der Waals surface area (Å²) >= 11 is 1.72. The van der Waals surface area contributed by atoms with Gasteiger partial charge in [-0.2, -0.15) is 0 Å². The number of fused-ring (bicyclic) bond motifs is 11. The average Bonchev–Trinajstić information content (AvgIpc) is 3.59. The summed E-state index contributed by atoms with van der Waals surface area (Å²) in [5.74, 6) is 0. The number of benzene rings is 9. The standard InChI is InChI=1S/C59H49BN2OS/c1-57(2,3)34-21-24-46-41(27-34)42-28-36(59(7,8)9)29-45-54(42)61(46)55-40-23-20-33-26-35(58(4,5)6)25-32-19-22-39(51(40)50(32)33)52-43-31-49-44(56(63)38-17-13-14-18-48(38)64-49)30-47(43)62(60(45)53(52)55)37-15-11-10-12-16-37/h10-31H,1-9H3. The lowest BCUT2D eigenvalue weighted by atomic mass is 9.43. The van der Waals surface area contributed by atoms with Crippen molar-refractivity contribution in [2.45, 2.75) is 78.6 Å². The Bertz CT molecular complexity index is 3910. The van der Waals surface area contributed by atoms with Gasteiger partial charge in [-0.05, 0) is 126 Å². The molecular formula is C59H49BN2OS. The minimum Gasteiger partial charge on any atom is -0.376 e. The highest BCUT2D eigenvalue weighted by atomic mass is 32.1. The molecule has 2 aliphatic heterocycles. The van der Waals surface area contributed by atoms with Crippen molar-refractivity contribution >= 4 is 115 Å². The predicted octanol–water partition coefficient (Wildman–Crippen LogP) is 14.5. The van der Waals surface area contributed by atoms with Gasteiger partial charge in [0.15, 0.2) is 5.43 Å². The monoisotopic (exact) mass is 844 g/mol. The second-order valence-electron chi connectivity index (χ2n) is 21.7. The van der Waals surface area contributed by atoms with Gasteiger partial charge in [0.1, 0.15) is 0 Å². The summed E-state index contributed by atoms with van der Waals surface area (Å²) in [6.07, 6.45) is 0. The molecule has 0 aliphatic carbocycles. The fourth-order valence-electron chi connectivity index (χ4n) is 11.4. The molecule has 3 nitrogen and oxygen atoms in total. The molecule has 0 amide bonds. The molecule has 11 aromatic rings. The molecule has 0 fully saturated rings. The lowest BCUT2D eigenvalue weighted by Crippen LogP contribution is -2.61. The highest BCUT2D eigenvalue weighted by Crippen LogP contribution is 2.52.